The lowest BCUT2D eigenvalue weighted by Crippen LogP contribution is -1.89. The molecule has 0 atom stereocenters. The average Bonchev–Trinajstić information content (AvgIpc) is 2.99. The molecule has 2 aromatic carbocycles. The van der Waals surface area contributed by atoms with Crippen molar-refractivity contribution in [1.82, 2.24) is 4.98 Å². The van der Waals surface area contributed by atoms with Crippen LogP contribution in [0.1, 0.15) is 16.7 Å². The molecule has 0 saturated carbocycles. The average molecular weight is 287 g/mol. The van der Waals surface area contributed by atoms with E-state index in [-0.39, 0.29) is 5.82 Å². The van der Waals surface area contributed by atoms with Crippen LogP contribution in [-0.4, -0.2) is 4.98 Å². The number of rotatable bonds is 2. The minimum Gasteiger partial charge on any atom is -0.265 e. The van der Waals surface area contributed by atoms with Gasteiger partial charge in [0.2, 0.25) is 0 Å². The maximum absolute atomic E-state index is 13.0. The summed E-state index contributed by atoms with van der Waals surface area (Å²) in [5, 5.41) is 0. The molecule has 0 N–H and O–H groups in total. The van der Waals surface area contributed by atoms with E-state index in [0.29, 0.717) is 0 Å². The summed E-state index contributed by atoms with van der Waals surface area (Å²) in [6, 6.07) is 17.2. The van der Waals surface area contributed by atoms with Crippen LogP contribution < -0.4 is 0 Å². The van der Waals surface area contributed by atoms with Crippen molar-refractivity contribution >= 4 is 5.57 Å². The quantitative estimate of drug-likeness (QED) is 0.655. The molecule has 1 aromatic heterocycles. The lowest BCUT2D eigenvalue weighted by atomic mass is 9.96. The lowest BCUT2D eigenvalue weighted by Gasteiger charge is -2.09. The Morgan fingerprint density at radius 1 is 0.773 bits per heavy atom. The Bertz CT molecular complexity index is 849. The highest BCUT2D eigenvalue weighted by molar-refractivity contribution is 5.85. The number of fused-ring (bicyclic) bond motifs is 1. The standard InChI is InChI=1S/C20H14FN/c21-18-5-1-14(2-6-18)16-3-7-20-17(13-16)4-8-19(20)15-9-11-22-12-10-15/h1-3,5-13H,4H2. The van der Waals surface area contributed by atoms with E-state index in [9.17, 15) is 4.39 Å². The highest BCUT2D eigenvalue weighted by Crippen LogP contribution is 2.35. The number of halogens is 1. The summed E-state index contributed by atoms with van der Waals surface area (Å²) >= 11 is 0. The van der Waals surface area contributed by atoms with Gasteiger partial charge in [-0.2, -0.15) is 0 Å². The molecule has 0 spiro atoms. The van der Waals surface area contributed by atoms with Gasteiger partial charge in [0.15, 0.2) is 0 Å². The SMILES string of the molecule is Fc1ccc(-c2ccc3c(c2)CC=C3c2ccncc2)cc1. The summed E-state index contributed by atoms with van der Waals surface area (Å²) < 4.78 is 13.0. The summed E-state index contributed by atoms with van der Waals surface area (Å²) in [5.41, 5.74) is 7.22. The first-order valence-corrected chi connectivity index (χ1v) is 7.31. The van der Waals surface area contributed by atoms with Gasteiger partial charge in [-0.15, -0.1) is 0 Å². The highest BCUT2D eigenvalue weighted by Gasteiger charge is 2.16. The maximum Gasteiger partial charge on any atom is 0.123 e. The van der Waals surface area contributed by atoms with E-state index in [1.165, 1.54) is 34.4 Å². The zero-order valence-electron chi connectivity index (χ0n) is 12.0. The summed E-state index contributed by atoms with van der Waals surface area (Å²) in [6.07, 6.45) is 6.83. The minimum absolute atomic E-state index is 0.202. The van der Waals surface area contributed by atoms with Crippen molar-refractivity contribution in [3.63, 3.8) is 0 Å². The first-order chi connectivity index (χ1) is 10.8. The monoisotopic (exact) mass is 287 g/mol. The molecule has 1 aliphatic carbocycles. The van der Waals surface area contributed by atoms with Gasteiger partial charge in [0.05, 0.1) is 0 Å². The Morgan fingerprint density at radius 2 is 1.50 bits per heavy atom. The van der Waals surface area contributed by atoms with Gasteiger partial charge in [0.1, 0.15) is 5.82 Å². The van der Waals surface area contributed by atoms with Gasteiger partial charge >= 0.3 is 0 Å². The van der Waals surface area contributed by atoms with Crippen LogP contribution in [0.2, 0.25) is 0 Å². The number of benzene rings is 2. The molecule has 1 aliphatic rings. The largest absolute Gasteiger partial charge is 0.265 e. The second-order valence-electron chi connectivity index (χ2n) is 5.44. The molecule has 0 radical (unpaired) electrons. The smallest absolute Gasteiger partial charge is 0.123 e. The zero-order valence-corrected chi connectivity index (χ0v) is 12.0. The molecule has 1 nitrogen and oxygen atoms in total. The van der Waals surface area contributed by atoms with Gasteiger partial charge in [-0.3, -0.25) is 4.98 Å². The fraction of sp³-hybridized carbons (Fsp3) is 0.0500. The second kappa shape index (κ2) is 5.23. The molecule has 0 amide bonds. The third kappa shape index (κ3) is 2.23. The Morgan fingerprint density at radius 3 is 2.27 bits per heavy atom. The molecule has 0 saturated heterocycles. The van der Waals surface area contributed by atoms with Crippen LogP contribution in [-0.2, 0) is 6.42 Å². The summed E-state index contributed by atoms with van der Waals surface area (Å²) in [6.45, 7) is 0. The van der Waals surface area contributed by atoms with Gasteiger partial charge in [-0.1, -0.05) is 36.4 Å². The lowest BCUT2D eigenvalue weighted by molar-refractivity contribution is 0.628. The number of aromatic nitrogens is 1. The summed E-state index contributed by atoms with van der Waals surface area (Å²) in [5.74, 6) is -0.202. The molecular formula is C20H14FN. The Labute approximate surface area is 128 Å². The normalized spacial score (nSPS) is 12.9. The maximum atomic E-state index is 13.0. The van der Waals surface area contributed by atoms with Gasteiger partial charge < -0.3 is 0 Å². The Hall–Kier alpha value is -2.74. The van der Waals surface area contributed by atoms with Crippen LogP contribution in [0.15, 0.2) is 73.1 Å². The van der Waals surface area contributed by atoms with Gasteiger partial charge in [-0.05, 0) is 64.1 Å². The molecular weight excluding hydrogens is 273 g/mol. The summed E-state index contributed by atoms with van der Waals surface area (Å²) in [4.78, 5) is 4.08. The second-order valence-corrected chi connectivity index (χ2v) is 5.44. The van der Waals surface area contributed by atoms with Crippen LogP contribution >= 0.6 is 0 Å². The van der Waals surface area contributed by atoms with E-state index in [0.717, 1.165) is 17.5 Å². The van der Waals surface area contributed by atoms with E-state index in [1.54, 1.807) is 0 Å². The molecule has 1 heterocycles. The van der Waals surface area contributed by atoms with Crippen molar-refractivity contribution in [2.24, 2.45) is 0 Å². The van der Waals surface area contributed by atoms with E-state index in [1.807, 2.05) is 36.7 Å². The van der Waals surface area contributed by atoms with Crippen molar-refractivity contribution < 1.29 is 4.39 Å². The molecule has 2 heteroatoms. The van der Waals surface area contributed by atoms with Crippen molar-refractivity contribution in [3.05, 3.63) is 95.6 Å². The van der Waals surface area contributed by atoms with Crippen LogP contribution in [0.4, 0.5) is 4.39 Å². The molecule has 106 valence electrons. The first-order valence-electron chi connectivity index (χ1n) is 7.31. The van der Waals surface area contributed by atoms with Crippen molar-refractivity contribution in [1.29, 1.82) is 0 Å². The number of nitrogens with zero attached hydrogens (tertiary/aromatic N) is 1. The molecule has 0 bridgehead atoms. The van der Waals surface area contributed by atoms with Crippen LogP contribution in [0.25, 0.3) is 16.7 Å². The number of hydrogen-bond donors (Lipinski definition) is 0. The molecule has 4 rings (SSSR count). The fourth-order valence-electron chi connectivity index (χ4n) is 2.97. The van der Waals surface area contributed by atoms with Gasteiger partial charge in [0, 0.05) is 12.4 Å². The first kappa shape index (κ1) is 13.0. The topological polar surface area (TPSA) is 12.9 Å². The fourth-order valence-corrected chi connectivity index (χ4v) is 2.97. The summed E-state index contributed by atoms with van der Waals surface area (Å²) in [7, 11) is 0. The molecule has 0 unspecified atom stereocenters. The third-order valence-electron chi connectivity index (χ3n) is 4.09. The van der Waals surface area contributed by atoms with Gasteiger partial charge in [0.25, 0.3) is 0 Å². The van der Waals surface area contributed by atoms with Crippen molar-refractivity contribution in [2.75, 3.05) is 0 Å². The number of pyridine rings is 1. The third-order valence-corrected chi connectivity index (χ3v) is 4.09. The van der Waals surface area contributed by atoms with Crippen molar-refractivity contribution in [2.45, 2.75) is 6.42 Å². The van der Waals surface area contributed by atoms with Gasteiger partial charge in [-0.25, -0.2) is 4.39 Å². The predicted molar refractivity (Wildman–Crippen MR) is 86.9 cm³/mol. The zero-order chi connectivity index (χ0) is 14.9. The molecule has 3 aromatic rings. The van der Waals surface area contributed by atoms with Crippen molar-refractivity contribution in [3.8, 4) is 11.1 Å². The number of allylic oxidation sites excluding steroid dienone is 1. The molecule has 0 fully saturated rings. The minimum atomic E-state index is -0.202. The Balaban J connectivity index is 1.72. The van der Waals surface area contributed by atoms with E-state index in [4.69, 9.17) is 0 Å². The van der Waals surface area contributed by atoms with Crippen LogP contribution in [0, 0.1) is 5.82 Å². The highest BCUT2D eigenvalue weighted by atomic mass is 19.1. The van der Waals surface area contributed by atoms with E-state index >= 15 is 0 Å². The molecule has 22 heavy (non-hydrogen) atoms. The predicted octanol–water partition coefficient (Wildman–Crippen LogP) is 4.88. The number of hydrogen-bond acceptors (Lipinski definition) is 1. The van der Waals surface area contributed by atoms with Crippen LogP contribution in [0.3, 0.4) is 0 Å². The molecule has 0 aliphatic heterocycles. The van der Waals surface area contributed by atoms with E-state index < -0.39 is 0 Å². The van der Waals surface area contributed by atoms with E-state index in [2.05, 4.69) is 29.3 Å². The Kier molecular flexibility index (Phi) is 3.08. The van der Waals surface area contributed by atoms with Crippen LogP contribution in [0.5, 0.6) is 0 Å².